The van der Waals surface area contributed by atoms with E-state index in [1.54, 1.807) is 32.1 Å². The van der Waals surface area contributed by atoms with Gasteiger partial charge < -0.3 is 14.6 Å². The fourth-order valence-electron chi connectivity index (χ4n) is 4.15. The maximum Gasteiger partial charge on any atom is 0.340 e. The molecule has 0 bridgehead atoms. The number of esters is 1. The zero-order valence-electron chi connectivity index (χ0n) is 16.8. The summed E-state index contributed by atoms with van der Waals surface area (Å²) in [5.41, 5.74) is 4.51. The van der Waals surface area contributed by atoms with Crippen molar-refractivity contribution >= 4 is 23.2 Å². The first-order valence-corrected chi connectivity index (χ1v) is 10.7. The lowest BCUT2D eigenvalue weighted by Crippen LogP contribution is -2.40. The molecule has 2 aromatic heterocycles. The zero-order valence-corrected chi connectivity index (χ0v) is 17.6. The van der Waals surface area contributed by atoms with E-state index in [-0.39, 0.29) is 11.9 Å². The van der Waals surface area contributed by atoms with Crippen molar-refractivity contribution in [3.63, 3.8) is 0 Å². The van der Waals surface area contributed by atoms with Crippen molar-refractivity contribution in [3.8, 4) is 0 Å². The summed E-state index contributed by atoms with van der Waals surface area (Å²) >= 11 is 1.75. The van der Waals surface area contributed by atoms with E-state index in [0.717, 1.165) is 12.0 Å². The van der Waals surface area contributed by atoms with E-state index in [1.807, 2.05) is 23.1 Å². The Labute approximate surface area is 174 Å². The van der Waals surface area contributed by atoms with Gasteiger partial charge in [-0.1, -0.05) is 30.3 Å². The van der Waals surface area contributed by atoms with Crippen LogP contribution in [-0.4, -0.2) is 34.9 Å². The highest BCUT2D eigenvalue weighted by molar-refractivity contribution is 7.10. The molecule has 0 saturated carbocycles. The van der Waals surface area contributed by atoms with Gasteiger partial charge in [0.05, 0.1) is 18.2 Å². The summed E-state index contributed by atoms with van der Waals surface area (Å²) < 4.78 is 5.17. The first-order chi connectivity index (χ1) is 14.0. The molecule has 29 heavy (non-hydrogen) atoms. The molecule has 0 saturated heterocycles. The third kappa shape index (κ3) is 3.38. The van der Waals surface area contributed by atoms with Crippen molar-refractivity contribution < 1.29 is 14.3 Å². The third-order valence-electron chi connectivity index (χ3n) is 5.47. The van der Waals surface area contributed by atoms with Crippen LogP contribution in [0.4, 0.5) is 0 Å². The van der Waals surface area contributed by atoms with Crippen LogP contribution in [-0.2, 0) is 11.2 Å². The lowest BCUT2D eigenvalue weighted by molar-refractivity contribution is 0.0525. The number of hydrogen-bond acceptors (Lipinski definition) is 4. The maximum absolute atomic E-state index is 13.6. The van der Waals surface area contributed by atoms with Crippen LogP contribution in [0.1, 0.15) is 61.1 Å². The Balaban J connectivity index is 1.75. The van der Waals surface area contributed by atoms with Crippen LogP contribution in [0.15, 0.2) is 41.8 Å². The van der Waals surface area contributed by atoms with Crippen LogP contribution in [0, 0.1) is 13.8 Å². The van der Waals surface area contributed by atoms with Gasteiger partial charge in [0.25, 0.3) is 5.91 Å². The molecule has 1 aromatic carbocycles. The molecule has 4 rings (SSSR count). The van der Waals surface area contributed by atoms with Crippen molar-refractivity contribution in [2.24, 2.45) is 0 Å². The molecule has 3 aromatic rings. The molecular formula is C23H24N2O3S. The van der Waals surface area contributed by atoms with E-state index in [9.17, 15) is 9.59 Å². The molecule has 1 N–H and O–H groups in total. The van der Waals surface area contributed by atoms with Crippen LogP contribution in [0.25, 0.3) is 0 Å². The molecule has 6 heteroatoms. The number of H-pyrrole nitrogens is 1. The van der Waals surface area contributed by atoms with Crippen LogP contribution >= 0.6 is 11.3 Å². The number of aryl methyl sites for hydroxylation is 1. The second kappa shape index (κ2) is 7.87. The Morgan fingerprint density at radius 1 is 1.21 bits per heavy atom. The number of nitrogens with zero attached hydrogens (tertiary/aromatic N) is 1. The molecule has 1 atom stereocenters. The normalized spacial score (nSPS) is 15.8. The third-order valence-corrected chi connectivity index (χ3v) is 6.47. The summed E-state index contributed by atoms with van der Waals surface area (Å²) in [5, 5.41) is 2.09. The van der Waals surface area contributed by atoms with E-state index in [1.165, 1.54) is 10.4 Å². The summed E-state index contributed by atoms with van der Waals surface area (Å²) in [6.07, 6.45) is 0.839. The molecule has 1 aliphatic heterocycles. The average molecular weight is 409 g/mol. The molecule has 3 heterocycles. The smallest absolute Gasteiger partial charge is 0.340 e. The summed E-state index contributed by atoms with van der Waals surface area (Å²) in [6.45, 7) is 6.32. The van der Waals surface area contributed by atoms with Crippen molar-refractivity contribution in [1.29, 1.82) is 0 Å². The average Bonchev–Trinajstić information content (AvgIpc) is 3.31. The Morgan fingerprint density at radius 2 is 1.97 bits per heavy atom. The molecule has 0 spiro atoms. The number of ether oxygens (including phenoxy) is 1. The number of aromatic amines is 1. The fourth-order valence-corrected chi connectivity index (χ4v) is 5.05. The molecule has 0 aliphatic carbocycles. The predicted octanol–water partition coefficient (Wildman–Crippen LogP) is 4.66. The highest BCUT2D eigenvalue weighted by Crippen LogP contribution is 2.38. The van der Waals surface area contributed by atoms with Crippen LogP contribution < -0.4 is 0 Å². The molecule has 1 aliphatic rings. The van der Waals surface area contributed by atoms with E-state index in [4.69, 9.17) is 4.74 Å². The summed E-state index contributed by atoms with van der Waals surface area (Å²) in [6, 6.07) is 12.1. The molecule has 0 radical (unpaired) electrons. The second-order valence-corrected chi connectivity index (χ2v) is 8.21. The minimum atomic E-state index is -0.392. The second-order valence-electron chi connectivity index (χ2n) is 7.21. The van der Waals surface area contributed by atoms with E-state index >= 15 is 0 Å². The van der Waals surface area contributed by atoms with Crippen LogP contribution in [0.3, 0.4) is 0 Å². The number of carbonyl (C=O) groups is 2. The van der Waals surface area contributed by atoms with E-state index in [0.29, 0.717) is 35.7 Å². The highest BCUT2D eigenvalue weighted by Gasteiger charge is 2.35. The highest BCUT2D eigenvalue weighted by atomic mass is 32.1. The lowest BCUT2D eigenvalue weighted by atomic mass is 9.93. The number of nitrogens with one attached hydrogen (secondary N) is 1. The molecule has 0 fully saturated rings. The van der Waals surface area contributed by atoms with Gasteiger partial charge in [0.2, 0.25) is 0 Å². The van der Waals surface area contributed by atoms with E-state index in [2.05, 4.69) is 28.6 Å². The number of thiophene rings is 1. The number of carbonyl (C=O) groups excluding carboxylic acids is 2. The first-order valence-electron chi connectivity index (χ1n) is 9.81. The van der Waals surface area contributed by atoms with Crippen molar-refractivity contribution in [2.45, 2.75) is 33.2 Å². The molecule has 150 valence electrons. The Hall–Kier alpha value is -2.86. The van der Waals surface area contributed by atoms with E-state index < -0.39 is 5.97 Å². The van der Waals surface area contributed by atoms with Gasteiger partial charge in [0.15, 0.2) is 0 Å². The van der Waals surface area contributed by atoms with Gasteiger partial charge in [0.1, 0.15) is 5.69 Å². The number of aromatic nitrogens is 1. The van der Waals surface area contributed by atoms with Gasteiger partial charge in [-0.05, 0) is 55.3 Å². The standard InChI is InChI=1S/C23H24N2O3S/c1-4-28-23(27)19-14(2)20(24-15(19)3)22(26)25-12-10-18-17(11-13-29-18)21(25)16-8-6-5-7-9-16/h5-9,11,13,21,24H,4,10,12H2,1-3H3/t21-/m1/s1. The van der Waals surface area contributed by atoms with Crippen molar-refractivity contribution in [3.05, 3.63) is 80.3 Å². The van der Waals surface area contributed by atoms with Crippen molar-refractivity contribution in [2.75, 3.05) is 13.2 Å². The number of fused-ring (bicyclic) bond motifs is 1. The Bertz CT molecular complexity index is 1050. The minimum Gasteiger partial charge on any atom is -0.462 e. The first kappa shape index (κ1) is 19.5. The summed E-state index contributed by atoms with van der Waals surface area (Å²) in [7, 11) is 0. The topological polar surface area (TPSA) is 62.4 Å². The number of benzene rings is 1. The largest absolute Gasteiger partial charge is 0.462 e. The maximum atomic E-state index is 13.6. The Morgan fingerprint density at radius 3 is 2.69 bits per heavy atom. The summed E-state index contributed by atoms with van der Waals surface area (Å²) in [4.78, 5) is 32.4. The minimum absolute atomic E-state index is 0.0909. The molecule has 5 nitrogen and oxygen atoms in total. The number of hydrogen-bond donors (Lipinski definition) is 1. The Kier molecular flexibility index (Phi) is 5.28. The summed E-state index contributed by atoms with van der Waals surface area (Å²) in [5.74, 6) is -0.483. The predicted molar refractivity (Wildman–Crippen MR) is 114 cm³/mol. The fraction of sp³-hybridized carbons (Fsp3) is 0.304. The monoisotopic (exact) mass is 408 g/mol. The molecular weight excluding hydrogens is 384 g/mol. The lowest BCUT2D eigenvalue weighted by Gasteiger charge is -2.36. The van der Waals surface area contributed by atoms with Gasteiger partial charge >= 0.3 is 5.97 Å². The van der Waals surface area contributed by atoms with Gasteiger partial charge in [-0.3, -0.25) is 4.79 Å². The van der Waals surface area contributed by atoms with Gasteiger partial charge in [-0.25, -0.2) is 4.79 Å². The van der Waals surface area contributed by atoms with Gasteiger partial charge in [0, 0.05) is 17.1 Å². The quantitative estimate of drug-likeness (QED) is 0.639. The molecule has 0 unspecified atom stereocenters. The molecule has 1 amide bonds. The van der Waals surface area contributed by atoms with Gasteiger partial charge in [-0.2, -0.15) is 0 Å². The van der Waals surface area contributed by atoms with Crippen LogP contribution in [0.2, 0.25) is 0 Å². The van der Waals surface area contributed by atoms with Crippen molar-refractivity contribution in [1.82, 2.24) is 9.88 Å². The SMILES string of the molecule is CCOC(=O)c1c(C)[nH]c(C(=O)N2CCc3sccc3[C@H]2c2ccccc2)c1C. The zero-order chi connectivity index (χ0) is 20.5. The number of amides is 1. The van der Waals surface area contributed by atoms with Gasteiger partial charge in [-0.15, -0.1) is 11.3 Å². The number of rotatable bonds is 4. The van der Waals surface area contributed by atoms with Crippen LogP contribution in [0.5, 0.6) is 0 Å².